The van der Waals surface area contributed by atoms with E-state index in [0.717, 1.165) is 31.2 Å². The van der Waals surface area contributed by atoms with Crippen molar-refractivity contribution >= 4 is 12.0 Å². The summed E-state index contributed by atoms with van der Waals surface area (Å²) in [5, 5.41) is 12.6. The van der Waals surface area contributed by atoms with E-state index in [2.05, 4.69) is 5.32 Å². The molecular formula is C18H24N2O4. The van der Waals surface area contributed by atoms with Crippen LogP contribution in [0.1, 0.15) is 37.2 Å². The van der Waals surface area contributed by atoms with Gasteiger partial charge in [0, 0.05) is 25.0 Å². The van der Waals surface area contributed by atoms with Gasteiger partial charge in [-0.15, -0.1) is 0 Å². The highest BCUT2D eigenvalue weighted by atomic mass is 16.5. The lowest BCUT2D eigenvalue weighted by molar-refractivity contribution is -0.141. The summed E-state index contributed by atoms with van der Waals surface area (Å²) in [6.07, 6.45) is 4.31. The van der Waals surface area contributed by atoms with Gasteiger partial charge in [0.15, 0.2) is 0 Å². The van der Waals surface area contributed by atoms with Gasteiger partial charge in [-0.25, -0.2) is 4.79 Å². The first-order chi connectivity index (χ1) is 11.6. The van der Waals surface area contributed by atoms with Gasteiger partial charge in [0.2, 0.25) is 0 Å². The van der Waals surface area contributed by atoms with E-state index < -0.39 is 11.9 Å². The Morgan fingerprint density at radius 3 is 2.58 bits per heavy atom. The number of benzene rings is 1. The number of carboxylic acids is 1. The van der Waals surface area contributed by atoms with Crippen LogP contribution < -0.4 is 10.1 Å². The van der Waals surface area contributed by atoms with Crippen molar-refractivity contribution in [2.24, 2.45) is 5.92 Å². The Balaban J connectivity index is 1.76. The van der Waals surface area contributed by atoms with Crippen LogP contribution in [0.5, 0.6) is 5.75 Å². The van der Waals surface area contributed by atoms with Crippen LogP contribution in [0.15, 0.2) is 24.3 Å². The number of methoxy groups -OCH3 is 1. The summed E-state index contributed by atoms with van der Waals surface area (Å²) in [6, 6.07) is 7.53. The van der Waals surface area contributed by atoms with E-state index >= 15 is 0 Å². The Kier molecular flexibility index (Phi) is 4.92. The number of aliphatic carboxylic acids is 1. The van der Waals surface area contributed by atoms with Crippen molar-refractivity contribution in [1.82, 2.24) is 10.2 Å². The van der Waals surface area contributed by atoms with E-state index in [-0.39, 0.29) is 24.5 Å². The minimum Gasteiger partial charge on any atom is -0.496 e. The summed E-state index contributed by atoms with van der Waals surface area (Å²) in [5.74, 6) is -1.07. The Bertz CT molecular complexity index is 613. The van der Waals surface area contributed by atoms with Crippen LogP contribution in [0.4, 0.5) is 4.79 Å². The van der Waals surface area contributed by atoms with E-state index in [1.807, 2.05) is 24.3 Å². The second kappa shape index (κ2) is 7.11. The smallest absolute Gasteiger partial charge is 0.317 e. The third kappa shape index (κ3) is 3.32. The number of para-hydroxylation sites is 1. The standard InChI is InChI=1S/C18H24N2O4/c1-24-16-9-5-4-8-13(16)14-10-20(11-15(14)17(21)22)18(23)19-12-6-2-3-7-12/h4-5,8-9,12,14-15H,2-3,6-7,10-11H2,1H3,(H,19,23)(H,21,22)/t14-,15+/m1/s1. The molecule has 1 heterocycles. The highest BCUT2D eigenvalue weighted by Crippen LogP contribution is 2.37. The maximum Gasteiger partial charge on any atom is 0.317 e. The van der Waals surface area contributed by atoms with Gasteiger partial charge in [0.05, 0.1) is 13.0 Å². The van der Waals surface area contributed by atoms with Gasteiger partial charge in [0.1, 0.15) is 5.75 Å². The fourth-order valence-corrected chi connectivity index (χ4v) is 3.84. The number of likely N-dealkylation sites (tertiary alicyclic amines) is 1. The molecule has 3 rings (SSSR count). The maximum atomic E-state index is 12.5. The van der Waals surface area contributed by atoms with Crippen LogP contribution in [-0.4, -0.2) is 48.2 Å². The fourth-order valence-electron chi connectivity index (χ4n) is 3.84. The zero-order valence-corrected chi connectivity index (χ0v) is 13.9. The van der Waals surface area contributed by atoms with Gasteiger partial charge in [-0.3, -0.25) is 4.79 Å². The highest BCUT2D eigenvalue weighted by Gasteiger charge is 2.42. The van der Waals surface area contributed by atoms with Crippen molar-refractivity contribution in [3.8, 4) is 5.75 Å². The Hall–Kier alpha value is -2.24. The molecule has 1 saturated heterocycles. The van der Waals surface area contributed by atoms with Gasteiger partial charge >= 0.3 is 12.0 Å². The minimum absolute atomic E-state index is 0.148. The molecular weight excluding hydrogens is 308 g/mol. The number of nitrogens with zero attached hydrogens (tertiary/aromatic N) is 1. The first-order valence-corrected chi connectivity index (χ1v) is 8.51. The Morgan fingerprint density at radius 1 is 1.21 bits per heavy atom. The molecule has 2 fully saturated rings. The molecule has 1 aliphatic carbocycles. The van der Waals surface area contributed by atoms with Crippen LogP contribution in [-0.2, 0) is 4.79 Å². The van der Waals surface area contributed by atoms with Crippen LogP contribution in [0.2, 0.25) is 0 Å². The zero-order valence-electron chi connectivity index (χ0n) is 13.9. The average molecular weight is 332 g/mol. The Morgan fingerprint density at radius 2 is 1.92 bits per heavy atom. The third-order valence-corrected chi connectivity index (χ3v) is 5.15. The van der Waals surface area contributed by atoms with E-state index in [4.69, 9.17) is 4.74 Å². The summed E-state index contributed by atoms with van der Waals surface area (Å²) >= 11 is 0. The molecule has 2 atom stereocenters. The molecule has 1 aromatic rings. The number of carbonyl (C=O) groups is 2. The molecule has 1 saturated carbocycles. The second-order valence-corrected chi connectivity index (χ2v) is 6.63. The van der Waals surface area contributed by atoms with Gasteiger partial charge in [-0.05, 0) is 24.5 Å². The van der Waals surface area contributed by atoms with Crippen molar-refractivity contribution in [2.45, 2.75) is 37.6 Å². The van der Waals surface area contributed by atoms with Crippen LogP contribution in [0.25, 0.3) is 0 Å². The summed E-state index contributed by atoms with van der Waals surface area (Å²) in [6.45, 7) is 0.631. The molecule has 2 N–H and O–H groups in total. The number of urea groups is 1. The highest BCUT2D eigenvalue weighted by molar-refractivity contribution is 5.79. The molecule has 24 heavy (non-hydrogen) atoms. The number of carbonyl (C=O) groups excluding carboxylic acids is 1. The van der Waals surface area contributed by atoms with Crippen molar-refractivity contribution < 1.29 is 19.4 Å². The molecule has 0 radical (unpaired) electrons. The molecule has 0 unspecified atom stereocenters. The molecule has 0 bridgehead atoms. The molecule has 130 valence electrons. The van der Waals surface area contributed by atoms with Gasteiger partial charge in [-0.2, -0.15) is 0 Å². The lowest BCUT2D eigenvalue weighted by Crippen LogP contribution is -2.43. The van der Waals surface area contributed by atoms with E-state index in [1.54, 1.807) is 12.0 Å². The molecule has 2 aliphatic rings. The maximum absolute atomic E-state index is 12.5. The van der Waals surface area contributed by atoms with Crippen molar-refractivity contribution in [3.05, 3.63) is 29.8 Å². The fraction of sp³-hybridized carbons (Fsp3) is 0.556. The third-order valence-electron chi connectivity index (χ3n) is 5.15. The second-order valence-electron chi connectivity index (χ2n) is 6.63. The summed E-state index contributed by atoms with van der Waals surface area (Å²) in [5.41, 5.74) is 0.851. The largest absolute Gasteiger partial charge is 0.496 e. The molecule has 6 heteroatoms. The molecule has 2 amide bonds. The number of nitrogens with one attached hydrogen (secondary N) is 1. The van der Waals surface area contributed by atoms with Crippen molar-refractivity contribution in [2.75, 3.05) is 20.2 Å². The minimum atomic E-state index is -0.873. The number of rotatable bonds is 4. The number of amides is 2. The predicted octanol–water partition coefficient (Wildman–Crippen LogP) is 2.45. The SMILES string of the molecule is COc1ccccc1[C@H]1CN(C(=O)NC2CCCC2)C[C@@H]1C(=O)O. The van der Waals surface area contributed by atoms with E-state index in [0.29, 0.717) is 12.3 Å². The Labute approximate surface area is 141 Å². The van der Waals surface area contributed by atoms with Crippen molar-refractivity contribution in [1.29, 1.82) is 0 Å². The van der Waals surface area contributed by atoms with Gasteiger partial charge < -0.3 is 20.1 Å². The molecule has 6 nitrogen and oxygen atoms in total. The first kappa shape index (κ1) is 16.6. The predicted molar refractivity (Wildman–Crippen MR) is 89.2 cm³/mol. The average Bonchev–Trinajstić information content (AvgIpc) is 3.24. The normalized spacial score (nSPS) is 24.1. The monoisotopic (exact) mass is 332 g/mol. The first-order valence-electron chi connectivity index (χ1n) is 8.51. The van der Waals surface area contributed by atoms with Crippen LogP contribution in [0.3, 0.4) is 0 Å². The quantitative estimate of drug-likeness (QED) is 0.888. The summed E-state index contributed by atoms with van der Waals surface area (Å²) in [7, 11) is 1.58. The number of hydrogen-bond acceptors (Lipinski definition) is 3. The van der Waals surface area contributed by atoms with Gasteiger partial charge in [-0.1, -0.05) is 31.0 Å². The van der Waals surface area contributed by atoms with E-state index in [1.165, 1.54) is 0 Å². The van der Waals surface area contributed by atoms with E-state index in [9.17, 15) is 14.7 Å². The molecule has 0 spiro atoms. The van der Waals surface area contributed by atoms with Crippen molar-refractivity contribution in [3.63, 3.8) is 0 Å². The van der Waals surface area contributed by atoms with Crippen LogP contribution >= 0.6 is 0 Å². The lowest BCUT2D eigenvalue weighted by atomic mass is 9.88. The topological polar surface area (TPSA) is 78.9 Å². The molecule has 0 aromatic heterocycles. The summed E-state index contributed by atoms with van der Waals surface area (Å²) in [4.78, 5) is 25.8. The molecule has 1 aromatic carbocycles. The number of hydrogen-bond donors (Lipinski definition) is 2. The summed E-state index contributed by atoms with van der Waals surface area (Å²) < 4.78 is 5.38. The van der Waals surface area contributed by atoms with Crippen LogP contribution in [0, 0.1) is 5.92 Å². The van der Waals surface area contributed by atoms with Gasteiger partial charge in [0.25, 0.3) is 0 Å². The number of carboxylic acid groups (broad SMARTS) is 1. The lowest BCUT2D eigenvalue weighted by Gasteiger charge is -2.21. The number of ether oxygens (including phenoxy) is 1. The molecule has 1 aliphatic heterocycles. The zero-order chi connectivity index (χ0) is 17.1.